The second-order valence-electron chi connectivity index (χ2n) is 7.12. The fourth-order valence-corrected chi connectivity index (χ4v) is 3.59. The molecule has 1 saturated heterocycles. The minimum absolute atomic E-state index is 0.805. The van der Waals surface area contributed by atoms with Crippen molar-refractivity contribution < 1.29 is 0 Å². The van der Waals surface area contributed by atoms with Crippen LogP contribution in [0.4, 0.5) is 5.69 Å². The Morgan fingerprint density at radius 1 is 1.07 bits per heavy atom. The molecule has 0 N–H and O–H groups in total. The zero-order valence-electron chi connectivity index (χ0n) is 16.3. The number of piperazine rings is 1. The minimum atomic E-state index is 0.805. The van der Waals surface area contributed by atoms with Gasteiger partial charge in [-0.3, -0.25) is 9.58 Å². The van der Waals surface area contributed by atoms with Gasteiger partial charge in [0.15, 0.2) is 11.6 Å². The molecule has 0 saturated carbocycles. The van der Waals surface area contributed by atoms with E-state index >= 15 is 0 Å². The molecule has 0 atom stereocenters. The van der Waals surface area contributed by atoms with Crippen molar-refractivity contribution in [2.75, 3.05) is 31.1 Å². The molecular formula is C20H27N7. The molecular weight excluding hydrogens is 338 g/mol. The Bertz CT molecular complexity index is 903. The summed E-state index contributed by atoms with van der Waals surface area (Å²) in [4.78, 5) is 9.69. The first kappa shape index (κ1) is 17.7. The zero-order chi connectivity index (χ0) is 18.8. The van der Waals surface area contributed by atoms with E-state index < -0.39 is 0 Å². The topological polar surface area (TPSA) is 55.0 Å². The Balaban J connectivity index is 1.46. The van der Waals surface area contributed by atoms with Crippen molar-refractivity contribution >= 4 is 5.69 Å². The van der Waals surface area contributed by atoms with Crippen LogP contribution in [0.5, 0.6) is 0 Å². The second-order valence-corrected chi connectivity index (χ2v) is 7.12. The number of hydrogen-bond acceptors (Lipinski definition) is 5. The Labute approximate surface area is 160 Å². The summed E-state index contributed by atoms with van der Waals surface area (Å²) in [5.41, 5.74) is 2.63. The molecule has 1 aromatic carbocycles. The molecule has 3 aromatic rings. The van der Waals surface area contributed by atoms with Crippen LogP contribution in [0.25, 0.3) is 5.82 Å². The van der Waals surface area contributed by atoms with Crippen molar-refractivity contribution in [3.05, 3.63) is 53.7 Å². The number of aryl methyl sites for hydroxylation is 3. The Morgan fingerprint density at radius 3 is 2.56 bits per heavy atom. The molecule has 7 nitrogen and oxygen atoms in total. The molecule has 2 aromatic heterocycles. The normalized spacial score (nSPS) is 15.4. The maximum absolute atomic E-state index is 4.76. The van der Waals surface area contributed by atoms with Crippen LogP contribution < -0.4 is 4.90 Å². The van der Waals surface area contributed by atoms with Gasteiger partial charge in [0, 0.05) is 51.4 Å². The van der Waals surface area contributed by atoms with Crippen LogP contribution in [0.1, 0.15) is 24.1 Å². The molecule has 0 radical (unpaired) electrons. The highest BCUT2D eigenvalue weighted by Crippen LogP contribution is 2.19. The van der Waals surface area contributed by atoms with Gasteiger partial charge in [0.2, 0.25) is 0 Å². The van der Waals surface area contributed by atoms with Gasteiger partial charge >= 0.3 is 0 Å². The largest absolute Gasteiger partial charge is 0.369 e. The van der Waals surface area contributed by atoms with Crippen molar-refractivity contribution in [1.82, 2.24) is 29.4 Å². The number of nitrogens with zero attached hydrogens (tertiary/aromatic N) is 7. The first-order valence-electron chi connectivity index (χ1n) is 9.61. The van der Waals surface area contributed by atoms with E-state index in [4.69, 9.17) is 4.98 Å². The second kappa shape index (κ2) is 7.52. The van der Waals surface area contributed by atoms with Crippen LogP contribution in [-0.2, 0) is 20.0 Å². The number of rotatable bonds is 5. The SMILES string of the molecule is CCc1nc(CN2CCN(c3cccc(C)c3)CC2)n(-c2ccnn2C)n1. The van der Waals surface area contributed by atoms with E-state index in [0.29, 0.717) is 0 Å². The van der Waals surface area contributed by atoms with Gasteiger partial charge in [0.05, 0.1) is 12.7 Å². The smallest absolute Gasteiger partial charge is 0.153 e. The molecule has 1 aliphatic heterocycles. The highest BCUT2D eigenvalue weighted by molar-refractivity contribution is 5.48. The maximum atomic E-state index is 4.76. The third-order valence-corrected chi connectivity index (χ3v) is 5.15. The first-order chi connectivity index (χ1) is 13.1. The molecule has 3 heterocycles. The Morgan fingerprint density at radius 2 is 1.89 bits per heavy atom. The predicted octanol–water partition coefficient (Wildman–Crippen LogP) is 2.19. The molecule has 0 bridgehead atoms. The van der Waals surface area contributed by atoms with Gasteiger partial charge in [-0.15, -0.1) is 5.10 Å². The third-order valence-electron chi connectivity index (χ3n) is 5.15. The van der Waals surface area contributed by atoms with Crippen LogP contribution >= 0.6 is 0 Å². The zero-order valence-corrected chi connectivity index (χ0v) is 16.3. The van der Waals surface area contributed by atoms with Gasteiger partial charge in [0.25, 0.3) is 0 Å². The quantitative estimate of drug-likeness (QED) is 0.694. The summed E-state index contributed by atoms with van der Waals surface area (Å²) in [7, 11) is 1.94. The van der Waals surface area contributed by atoms with E-state index in [0.717, 1.165) is 56.6 Å². The van der Waals surface area contributed by atoms with Gasteiger partial charge in [0.1, 0.15) is 5.82 Å². The molecule has 27 heavy (non-hydrogen) atoms. The summed E-state index contributed by atoms with van der Waals surface area (Å²) in [6.45, 7) is 9.15. The van der Waals surface area contributed by atoms with Crippen LogP contribution in [0.3, 0.4) is 0 Å². The summed E-state index contributed by atoms with van der Waals surface area (Å²) < 4.78 is 3.78. The van der Waals surface area contributed by atoms with Crippen LogP contribution in [0.2, 0.25) is 0 Å². The number of benzene rings is 1. The van der Waals surface area contributed by atoms with E-state index in [-0.39, 0.29) is 0 Å². The summed E-state index contributed by atoms with van der Waals surface area (Å²) in [6.07, 6.45) is 2.63. The van der Waals surface area contributed by atoms with Crippen molar-refractivity contribution in [2.45, 2.75) is 26.8 Å². The Hall–Kier alpha value is -2.67. The van der Waals surface area contributed by atoms with Gasteiger partial charge in [-0.25, -0.2) is 4.98 Å². The lowest BCUT2D eigenvalue weighted by Gasteiger charge is -2.36. The van der Waals surface area contributed by atoms with Crippen LogP contribution in [-0.4, -0.2) is 55.6 Å². The van der Waals surface area contributed by atoms with E-state index in [2.05, 4.69) is 58.1 Å². The van der Waals surface area contributed by atoms with Gasteiger partial charge in [-0.05, 0) is 24.6 Å². The van der Waals surface area contributed by atoms with Crippen LogP contribution in [0.15, 0.2) is 36.5 Å². The van der Waals surface area contributed by atoms with Gasteiger partial charge in [-0.1, -0.05) is 19.1 Å². The average molecular weight is 365 g/mol. The molecule has 142 valence electrons. The maximum Gasteiger partial charge on any atom is 0.153 e. The Kier molecular flexibility index (Phi) is 4.94. The highest BCUT2D eigenvalue weighted by atomic mass is 15.4. The van der Waals surface area contributed by atoms with Crippen molar-refractivity contribution in [3.8, 4) is 5.82 Å². The molecule has 0 spiro atoms. The fraction of sp³-hybridized carbons (Fsp3) is 0.450. The lowest BCUT2D eigenvalue weighted by Crippen LogP contribution is -2.46. The predicted molar refractivity (Wildman–Crippen MR) is 106 cm³/mol. The van der Waals surface area contributed by atoms with E-state index in [1.807, 2.05) is 22.5 Å². The standard InChI is InChI=1S/C20H27N7/c1-4-18-22-19(27(23-18)20-8-9-21-24(20)3)15-25-10-12-26(13-11-25)17-7-5-6-16(2)14-17/h5-9,14H,4,10-13,15H2,1-3H3. The van der Waals surface area contributed by atoms with Crippen molar-refractivity contribution in [1.29, 1.82) is 0 Å². The van der Waals surface area contributed by atoms with E-state index in [1.54, 1.807) is 6.20 Å². The number of anilines is 1. The molecule has 0 aliphatic carbocycles. The van der Waals surface area contributed by atoms with Crippen LogP contribution in [0, 0.1) is 6.92 Å². The lowest BCUT2D eigenvalue weighted by atomic mass is 10.2. The lowest BCUT2D eigenvalue weighted by molar-refractivity contribution is 0.242. The molecule has 1 aliphatic rings. The summed E-state index contributed by atoms with van der Waals surface area (Å²) in [5.74, 6) is 2.82. The van der Waals surface area contributed by atoms with Crippen molar-refractivity contribution in [3.63, 3.8) is 0 Å². The molecule has 0 amide bonds. The molecule has 0 unspecified atom stereocenters. The molecule has 7 heteroatoms. The summed E-state index contributed by atoms with van der Waals surface area (Å²) in [6, 6.07) is 10.7. The number of hydrogen-bond donors (Lipinski definition) is 0. The first-order valence-corrected chi connectivity index (χ1v) is 9.61. The number of aromatic nitrogens is 5. The van der Waals surface area contributed by atoms with E-state index in [9.17, 15) is 0 Å². The average Bonchev–Trinajstić information content (AvgIpc) is 3.28. The molecule has 1 fully saturated rings. The summed E-state index contributed by atoms with van der Waals surface area (Å²) in [5, 5.41) is 8.95. The highest BCUT2D eigenvalue weighted by Gasteiger charge is 2.21. The van der Waals surface area contributed by atoms with E-state index in [1.165, 1.54) is 11.3 Å². The fourth-order valence-electron chi connectivity index (χ4n) is 3.59. The van der Waals surface area contributed by atoms with Crippen molar-refractivity contribution in [2.24, 2.45) is 7.05 Å². The minimum Gasteiger partial charge on any atom is -0.369 e. The van der Waals surface area contributed by atoms with Gasteiger partial charge < -0.3 is 4.90 Å². The van der Waals surface area contributed by atoms with Gasteiger partial charge in [-0.2, -0.15) is 9.78 Å². The monoisotopic (exact) mass is 365 g/mol. The third kappa shape index (κ3) is 3.73. The summed E-state index contributed by atoms with van der Waals surface area (Å²) >= 11 is 0. The molecule has 4 rings (SSSR count).